The summed E-state index contributed by atoms with van der Waals surface area (Å²) >= 11 is 0. The molecule has 1 atom stereocenters. The molecule has 0 saturated carbocycles. The number of amides is 3. The smallest absolute Gasteiger partial charge is 0.410 e. The van der Waals surface area contributed by atoms with Crippen molar-refractivity contribution in [3.63, 3.8) is 0 Å². The van der Waals surface area contributed by atoms with E-state index in [9.17, 15) is 14.4 Å². The Hall–Kier alpha value is -3.27. The summed E-state index contributed by atoms with van der Waals surface area (Å²) in [7, 11) is 1.56. The van der Waals surface area contributed by atoms with E-state index >= 15 is 0 Å². The Morgan fingerprint density at radius 3 is 2.47 bits per heavy atom. The molecule has 0 aliphatic carbocycles. The van der Waals surface area contributed by atoms with E-state index in [1.54, 1.807) is 37.1 Å². The van der Waals surface area contributed by atoms with Crippen molar-refractivity contribution in [2.45, 2.75) is 39.3 Å². The highest BCUT2D eigenvalue weighted by atomic mass is 16.6. The lowest BCUT2D eigenvalue weighted by molar-refractivity contribution is -0.139. The average molecular weight is 475 g/mol. The number of nitrogens with one attached hydrogen (secondary N) is 2. The van der Waals surface area contributed by atoms with Gasteiger partial charge in [-0.15, -0.1) is 0 Å². The Labute approximate surface area is 200 Å². The highest BCUT2D eigenvalue weighted by Gasteiger charge is 2.35. The molecule has 34 heavy (non-hydrogen) atoms. The van der Waals surface area contributed by atoms with E-state index in [1.807, 2.05) is 26.8 Å². The number of benzene rings is 1. The molecule has 0 spiro atoms. The van der Waals surface area contributed by atoms with Crippen LogP contribution in [0, 0.1) is 0 Å². The number of carbonyl (C=O) groups is 3. The van der Waals surface area contributed by atoms with Gasteiger partial charge in [0.15, 0.2) is 0 Å². The SMILES string of the molecule is CCOC(=O)C1=C(CN2CCN(C(=O)OC(C)(C)C)CC2)NC(=O)N[C@@H]1c1cccc(OC)c1. The first-order chi connectivity index (χ1) is 16.1. The van der Waals surface area contributed by atoms with E-state index in [0.29, 0.717) is 55.3 Å². The van der Waals surface area contributed by atoms with Gasteiger partial charge >= 0.3 is 18.1 Å². The monoisotopic (exact) mass is 474 g/mol. The topological polar surface area (TPSA) is 109 Å². The molecule has 0 radical (unpaired) electrons. The molecule has 3 amide bonds. The van der Waals surface area contributed by atoms with Crippen molar-refractivity contribution in [2.24, 2.45) is 0 Å². The summed E-state index contributed by atoms with van der Waals surface area (Å²) in [5.74, 6) is 0.124. The molecular formula is C24H34N4O6. The lowest BCUT2D eigenvalue weighted by Gasteiger charge is -2.37. The van der Waals surface area contributed by atoms with Crippen LogP contribution in [0.1, 0.15) is 39.3 Å². The number of hydrogen-bond acceptors (Lipinski definition) is 7. The molecule has 2 heterocycles. The van der Waals surface area contributed by atoms with Gasteiger partial charge < -0.3 is 29.7 Å². The molecule has 1 saturated heterocycles. The molecule has 2 aliphatic rings. The van der Waals surface area contributed by atoms with Gasteiger partial charge in [-0.25, -0.2) is 14.4 Å². The fourth-order valence-electron chi connectivity index (χ4n) is 3.90. The van der Waals surface area contributed by atoms with Gasteiger partial charge in [0.05, 0.1) is 25.3 Å². The number of methoxy groups -OCH3 is 1. The summed E-state index contributed by atoms with van der Waals surface area (Å²) in [5, 5.41) is 5.63. The van der Waals surface area contributed by atoms with E-state index in [0.717, 1.165) is 0 Å². The van der Waals surface area contributed by atoms with Gasteiger partial charge in [0.25, 0.3) is 0 Å². The van der Waals surface area contributed by atoms with E-state index in [2.05, 4.69) is 15.5 Å². The second-order valence-electron chi connectivity index (χ2n) is 9.16. The summed E-state index contributed by atoms with van der Waals surface area (Å²) in [6.45, 7) is 9.93. The predicted molar refractivity (Wildman–Crippen MR) is 125 cm³/mol. The summed E-state index contributed by atoms with van der Waals surface area (Å²) in [4.78, 5) is 41.6. The number of urea groups is 1. The number of esters is 1. The number of piperazine rings is 1. The predicted octanol–water partition coefficient (Wildman–Crippen LogP) is 2.42. The van der Waals surface area contributed by atoms with Gasteiger partial charge in [0.2, 0.25) is 0 Å². The van der Waals surface area contributed by atoms with Gasteiger partial charge in [0.1, 0.15) is 11.4 Å². The van der Waals surface area contributed by atoms with Crippen molar-refractivity contribution in [3.8, 4) is 5.75 Å². The quantitative estimate of drug-likeness (QED) is 0.610. The van der Waals surface area contributed by atoms with Gasteiger partial charge in [-0.05, 0) is 45.4 Å². The van der Waals surface area contributed by atoms with Crippen LogP contribution >= 0.6 is 0 Å². The molecule has 186 valence electrons. The number of carbonyl (C=O) groups excluding carboxylic acids is 3. The maximum Gasteiger partial charge on any atom is 0.410 e. The van der Waals surface area contributed by atoms with Gasteiger partial charge in [-0.1, -0.05) is 12.1 Å². The number of hydrogen-bond donors (Lipinski definition) is 2. The van der Waals surface area contributed by atoms with Crippen molar-refractivity contribution in [1.29, 1.82) is 0 Å². The third-order valence-electron chi connectivity index (χ3n) is 5.48. The van der Waals surface area contributed by atoms with Crippen LogP contribution in [0.25, 0.3) is 0 Å². The first-order valence-electron chi connectivity index (χ1n) is 11.4. The highest BCUT2D eigenvalue weighted by molar-refractivity contribution is 5.95. The maximum absolute atomic E-state index is 13.0. The maximum atomic E-state index is 13.0. The fourth-order valence-corrected chi connectivity index (χ4v) is 3.90. The molecule has 10 heteroatoms. The lowest BCUT2D eigenvalue weighted by atomic mass is 9.94. The summed E-state index contributed by atoms with van der Waals surface area (Å²) in [6.07, 6.45) is -0.341. The molecular weight excluding hydrogens is 440 g/mol. The van der Waals surface area contributed by atoms with Crippen LogP contribution in [0.15, 0.2) is 35.5 Å². The van der Waals surface area contributed by atoms with Crippen LogP contribution < -0.4 is 15.4 Å². The van der Waals surface area contributed by atoms with E-state index in [1.165, 1.54) is 0 Å². The van der Waals surface area contributed by atoms with Crippen LogP contribution in [-0.4, -0.2) is 79.9 Å². The van der Waals surface area contributed by atoms with Crippen molar-refractivity contribution >= 4 is 18.1 Å². The number of nitrogens with zero attached hydrogens (tertiary/aromatic N) is 2. The Morgan fingerprint density at radius 1 is 1.15 bits per heavy atom. The van der Waals surface area contributed by atoms with Crippen LogP contribution in [0.5, 0.6) is 5.75 Å². The molecule has 0 aromatic heterocycles. The second kappa shape index (κ2) is 10.8. The zero-order valence-corrected chi connectivity index (χ0v) is 20.5. The Balaban J connectivity index is 1.81. The molecule has 2 N–H and O–H groups in total. The minimum Gasteiger partial charge on any atom is -0.497 e. The minimum absolute atomic E-state index is 0.211. The first kappa shape index (κ1) is 25.4. The average Bonchev–Trinajstić information content (AvgIpc) is 2.78. The number of rotatable bonds is 6. The Morgan fingerprint density at radius 2 is 1.85 bits per heavy atom. The molecule has 1 fully saturated rings. The minimum atomic E-state index is -0.680. The van der Waals surface area contributed by atoms with E-state index < -0.39 is 23.6 Å². The summed E-state index contributed by atoms with van der Waals surface area (Å²) in [5.41, 5.74) is 0.997. The molecule has 0 unspecified atom stereocenters. The zero-order chi connectivity index (χ0) is 24.9. The standard InChI is InChI=1S/C24H34N4O6/c1-6-33-21(29)19-18(15-27-10-12-28(13-11-27)23(31)34-24(2,3)4)25-22(30)26-20(19)16-8-7-9-17(14-16)32-5/h7-9,14,20H,6,10-13,15H2,1-5H3,(H2,25,26,30)/t20-/m1/s1. The van der Waals surface area contributed by atoms with Gasteiger partial charge in [-0.3, -0.25) is 4.90 Å². The number of ether oxygens (including phenoxy) is 3. The molecule has 1 aromatic rings. The Kier molecular flexibility index (Phi) is 8.03. The van der Waals surface area contributed by atoms with Crippen molar-refractivity contribution < 1.29 is 28.6 Å². The van der Waals surface area contributed by atoms with Crippen LogP contribution in [0.2, 0.25) is 0 Å². The van der Waals surface area contributed by atoms with Crippen molar-refractivity contribution in [3.05, 3.63) is 41.1 Å². The lowest BCUT2D eigenvalue weighted by Crippen LogP contribution is -2.53. The van der Waals surface area contributed by atoms with E-state index in [-0.39, 0.29) is 12.7 Å². The van der Waals surface area contributed by atoms with Crippen LogP contribution in [-0.2, 0) is 14.3 Å². The molecule has 3 rings (SSSR count). The van der Waals surface area contributed by atoms with E-state index in [4.69, 9.17) is 14.2 Å². The fraction of sp³-hybridized carbons (Fsp3) is 0.542. The van der Waals surface area contributed by atoms with Crippen LogP contribution in [0.3, 0.4) is 0 Å². The first-order valence-corrected chi connectivity index (χ1v) is 11.4. The van der Waals surface area contributed by atoms with Crippen LogP contribution in [0.4, 0.5) is 9.59 Å². The molecule has 0 bridgehead atoms. The molecule has 1 aromatic carbocycles. The van der Waals surface area contributed by atoms with Crippen molar-refractivity contribution in [2.75, 3.05) is 46.4 Å². The zero-order valence-electron chi connectivity index (χ0n) is 20.5. The van der Waals surface area contributed by atoms with Gasteiger partial charge in [-0.2, -0.15) is 0 Å². The third-order valence-corrected chi connectivity index (χ3v) is 5.48. The summed E-state index contributed by atoms with van der Waals surface area (Å²) in [6, 6.07) is 6.14. The van der Waals surface area contributed by atoms with Crippen molar-refractivity contribution in [1.82, 2.24) is 20.4 Å². The van der Waals surface area contributed by atoms with Gasteiger partial charge in [0, 0.05) is 38.4 Å². The largest absolute Gasteiger partial charge is 0.497 e. The molecule has 2 aliphatic heterocycles. The summed E-state index contributed by atoms with van der Waals surface area (Å²) < 4.78 is 16.1. The second-order valence-corrected chi connectivity index (χ2v) is 9.16. The highest BCUT2D eigenvalue weighted by Crippen LogP contribution is 2.30. The third kappa shape index (κ3) is 6.40. The Bertz CT molecular complexity index is 947. The molecule has 10 nitrogen and oxygen atoms in total. The normalized spacial score (nSPS) is 19.3.